The first kappa shape index (κ1) is 9.14. The molecule has 0 atom stereocenters. The maximum atomic E-state index is 11.2. The van der Waals surface area contributed by atoms with Gasteiger partial charge >= 0.3 is 5.97 Å². The smallest absolute Gasteiger partial charge is 0.341 e. The third kappa shape index (κ3) is 2.24. The largest absolute Gasteiger partial charge is 0.449 e. The molecular weight excluding hydrogens is 166 g/mol. The molecule has 1 aromatic rings. The Kier molecular flexibility index (Phi) is 2.93. The number of benzene rings is 1. The number of rotatable bonds is 2. The van der Waals surface area contributed by atoms with Crippen LogP contribution in [-0.4, -0.2) is 12.6 Å². The number of nitrogen functional groups attached to an aromatic ring is 1. The molecule has 3 nitrogen and oxygen atoms in total. The second kappa shape index (κ2) is 4.17. The van der Waals surface area contributed by atoms with Crippen LogP contribution >= 0.6 is 0 Å². The van der Waals surface area contributed by atoms with Gasteiger partial charge < -0.3 is 10.5 Å². The number of hydrogen-bond acceptors (Lipinski definition) is 3. The topological polar surface area (TPSA) is 52.3 Å². The molecule has 0 aliphatic rings. The molecule has 0 aliphatic carbocycles. The van der Waals surface area contributed by atoms with Gasteiger partial charge in [-0.2, -0.15) is 0 Å². The molecule has 1 aromatic carbocycles. The van der Waals surface area contributed by atoms with Crippen LogP contribution < -0.4 is 5.73 Å². The standard InChI is InChI=1S/C10H9NO2/c1-2-7-13-10(12)8-5-3-4-6-9(8)11/h1,3-6H,7,11H2. The zero-order valence-electron chi connectivity index (χ0n) is 6.99. The van der Waals surface area contributed by atoms with Crippen molar-refractivity contribution in [1.29, 1.82) is 0 Å². The highest BCUT2D eigenvalue weighted by Gasteiger charge is 2.08. The average molecular weight is 175 g/mol. The minimum absolute atomic E-state index is 0.0346. The lowest BCUT2D eigenvalue weighted by molar-refractivity contribution is 0.0558. The molecule has 0 radical (unpaired) electrons. The lowest BCUT2D eigenvalue weighted by atomic mass is 10.2. The Labute approximate surface area is 76.5 Å². The summed E-state index contributed by atoms with van der Waals surface area (Å²) >= 11 is 0. The summed E-state index contributed by atoms with van der Waals surface area (Å²) in [5.74, 6) is 1.71. The van der Waals surface area contributed by atoms with Crippen molar-refractivity contribution in [2.45, 2.75) is 0 Å². The van der Waals surface area contributed by atoms with Crippen molar-refractivity contribution in [3.05, 3.63) is 29.8 Å². The highest BCUT2D eigenvalue weighted by molar-refractivity contribution is 5.95. The van der Waals surface area contributed by atoms with E-state index in [2.05, 4.69) is 5.92 Å². The van der Waals surface area contributed by atoms with Crippen molar-refractivity contribution in [3.63, 3.8) is 0 Å². The van der Waals surface area contributed by atoms with Crippen molar-refractivity contribution in [3.8, 4) is 12.3 Å². The lowest BCUT2D eigenvalue weighted by Gasteiger charge is -2.03. The summed E-state index contributed by atoms with van der Waals surface area (Å²) in [6.07, 6.45) is 4.93. The fourth-order valence-corrected chi connectivity index (χ4v) is 0.868. The van der Waals surface area contributed by atoms with Crippen molar-refractivity contribution in [2.75, 3.05) is 12.3 Å². The number of nitrogens with two attached hydrogens (primary N) is 1. The molecule has 1 rings (SSSR count). The van der Waals surface area contributed by atoms with Gasteiger partial charge in [0, 0.05) is 5.69 Å². The Morgan fingerprint density at radius 3 is 2.85 bits per heavy atom. The van der Waals surface area contributed by atoms with Crippen molar-refractivity contribution < 1.29 is 9.53 Å². The molecule has 0 aliphatic heterocycles. The number of carbonyl (C=O) groups is 1. The third-order valence-corrected chi connectivity index (χ3v) is 1.47. The summed E-state index contributed by atoms with van der Waals surface area (Å²) in [5, 5.41) is 0. The van der Waals surface area contributed by atoms with Crippen LogP contribution in [0.4, 0.5) is 5.69 Å². The monoisotopic (exact) mass is 175 g/mol. The minimum atomic E-state index is -0.490. The quantitative estimate of drug-likeness (QED) is 0.415. The van der Waals surface area contributed by atoms with Crippen molar-refractivity contribution in [1.82, 2.24) is 0 Å². The van der Waals surface area contributed by atoms with Crippen LogP contribution in [0.5, 0.6) is 0 Å². The van der Waals surface area contributed by atoms with E-state index in [-0.39, 0.29) is 6.61 Å². The normalized spacial score (nSPS) is 8.85. The molecule has 0 amide bonds. The first-order valence-corrected chi connectivity index (χ1v) is 3.71. The van der Waals surface area contributed by atoms with Gasteiger partial charge in [0.25, 0.3) is 0 Å². The van der Waals surface area contributed by atoms with Crippen LogP contribution in [0.1, 0.15) is 10.4 Å². The Bertz CT molecular complexity index is 352. The Morgan fingerprint density at radius 2 is 2.23 bits per heavy atom. The van der Waals surface area contributed by atoms with E-state index < -0.39 is 5.97 Å². The van der Waals surface area contributed by atoms with E-state index in [1.165, 1.54) is 0 Å². The lowest BCUT2D eigenvalue weighted by Crippen LogP contribution is -2.07. The molecule has 3 heteroatoms. The summed E-state index contributed by atoms with van der Waals surface area (Å²) in [6, 6.07) is 6.68. The van der Waals surface area contributed by atoms with E-state index in [1.54, 1.807) is 24.3 Å². The maximum Gasteiger partial charge on any atom is 0.341 e. The maximum absolute atomic E-state index is 11.2. The zero-order chi connectivity index (χ0) is 9.68. The highest BCUT2D eigenvalue weighted by atomic mass is 16.5. The number of hydrogen-bond donors (Lipinski definition) is 1. The van der Waals surface area contributed by atoms with Gasteiger partial charge in [0.15, 0.2) is 6.61 Å². The predicted octanol–water partition coefficient (Wildman–Crippen LogP) is 1.06. The predicted molar refractivity (Wildman–Crippen MR) is 50.0 cm³/mol. The van der Waals surface area contributed by atoms with Crippen LogP contribution in [-0.2, 0) is 4.74 Å². The Balaban J connectivity index is 2.78. The molecule has 0 fully saturated rings. The van der Waals surface area contributed by atoms with Crippen molar-refractivity contribution in [2.24, 2.45) is 0 Å². The van der Waals surface area contributed by atoms with Gasteiger partial charge in [-0.25, -0.2) is 4.79 Å². The van der Waals surface area contributed by atoms with Gasteiger partial charge in [0.2, 0.25) is 0 Å². The van der Waals surface area contributed by atoms with Gasteiger partial charge in [0.05, 0.1) is 5.56 Å². The van der Waals surface area contributed by atoms with E-state index in [4.69, 9.17) is 16.9 Å². The van der Waals surface area contributed by atoms with Crippen LogP contribution in [0.15, 0.2) is 24.3 Å². The number of esters is 1. The summed E-state index contributed by atoms with van der Waals surface area (Å²) < 4.78 is 4.70. The summed E-state index contributed by atoms with van der Waals surface area (Å²) in [4.78, 5) is 11.2. The highest BCUT2D eigenvalue weighted by Crippen LogP contribution is 2.11. The Morgan fingerprint density at radius 1 is 1.54 bits per heavy atom. The van der Waals surface area contributed by atoms with E-state index in [0.717, 1.165) is 0 Å². The molecule has 0 saturated carbocycles. The van der Waals surface area contributed by atoms with E-state index in [9.17, 15) is 4.79 Å². The molecule has 2 N–H and O–H groups in total. The fraction of sp³-hybridized carbons (Fsp3) is 0.100. The van der Waals surface area contributed by atoms with E-state index in [1.807, 2.05) is 0 Å². The van der Waals surface area contributed by atoms with Crippen LogP contribution in [0.3, 0.4) is 0 Å². The molecule has 0 saturated heterocycles. The average Bonchev–Trinajstić information content (AvgIpc) is 2.15. The molecule has 0 aromatic heterocycles. The molecule has 0 bridgehead atoms. The molecule has 0 spiro atoms. The number of ether oxygens (including phenoxy) is 1. The molecule has 0 heterocycles. The first-order chi connectivity index (χ1) is 6.25. The SMILES string of the molecule is C#CCOC(=O)c1ccccc1N. The molecule has 0 unspecified atom stereocenters. The van der Waals surface area contributed by atoms with E-state index in [0.29, 0.717) is 11.3 Å². The third-order valence-electron chi connectivity index (χ3n) is 1.47. The zero-order valence-corrected chi connectivity index (χ0v) is 6.99. The Hall–Kier alpha value is -1.95. The second-order valence-electron chi connectivity index (χ2n) is 2.37. The van der Waals surface area contributed by atoms with Gasteiger partial charge in [0.1, 0.15) is 0 Å². The van der Waals surface area contributed by atoms with Gasteiger partial charge in [-0.1, -0.05) is 18.1 Å². The number of para-hydroxylation sites is 1. The van der Waals surface area contributed by atoms with E-state index >= 15 is 0 Å². The van der Waals surface area contributed by atoms with Crippen LogP contribution in [0, 0.1) is 12.3 Å². The number of terminal acetylenes is 1. The summed E-state index contributed by atoms with van der Waals surface area (Å²) in [7, 11) is 0. The van der Waals surface area contributed by atoms with Gasteiger partial charge in [-0.05, 0) is 12.1 Å². The van der Waals surface area contributed by atoms with Gasteiger partial charge in [-0.15, -0.1) is 6.42 Å². The second-order valence-corrected chi connectivity index (χ2v) is 2.37. The van der Waals surface area contributed by atoms with Crippen LogP contribution in [0.25, 0.3) is 0 Å². The van der Waals surface area contributed by atoms with Gasteiger partial charge in [-0.3, -0.25) is 0 Å². The molecule has 13 heavy (non-hydrogen) atoms. The summed E-state index contributed by atoms with van der Waals surface area (Å²) in [5.41, 5.74) is 6.28. The first-order valence-electron chi connectivity index (χ1n) is 3.71. The van der Waals surface area contributed by atoms with Crippen molar-refractivity contribution >= 4 is 11.7 Å². The molecular formula is C10H9NO2. The number of carbonyl (C=O) groups excluding carboxylic acids is 1. The molecule has 66 valence electrons. The summed E-state index contributed by atoms with van der Waals surface area (Å²) in [6.45, 7) is -0.0346. The van der Waals surface area contributed by atoms with Crippen LogP contribution in [0.2, 0.25) is 0 Å². The minimum Gasteiger partial charge on any atom is -0.449 e. The number of anilines is 1. The fourth-order valence-electron chi connectivity index (χ4n) is 0.868.